The number of anilines is 1. The Kier molecular flexibility index (Phi) is 3.55. The molecule has 2 heterocycles. The average molecular weight is 257 g/mol. The summed E-state index contributed by atoms with van der Waals surface area (Å²) in [7, 11) is 2.05. The van der Waals surface area contributed by atoms with E-state index in [2.05, 4.69) is 14.8 Å². The van der Waals surface area contributed by atoms with E-state index < -0.39 is 4.92 Å². The van der Waals surface area contributed by atoms with Gasteiger partial charge in [0.1, 0.15) is 6.20 Å². The van der Waals surface area contributed by atoms with Crippen LogP contribution in [0.3, 0.4) is 0 Å². The van der Waals surface area contributed by atoms with Gasteiger partial charge in [-0.25, -0.2) is 4.98 Å². The van der Waals surface area contributed by atoms with E-state index >= 15 is 0 Å². The Hall–Kier alpha value is -1.25. The van der Waals surface area contributed by atoms with Crippen LogP contribution in [0.15, 0.2) is 6.20 Å². The number of likely N-dealkylation sites (N-methyl/N-ethyl adjacent to an activating group) is 1. The largest absolute Gasteiger partial charge is 0.345 e. The van der Waals surface area contributed by atoms with Gasteiger partial charge in [0.2, 0.25) is 0 Å². The van der Waals surface area contributed by atoms with Gasteiger partial charge in [-0.05, 0) is 18.4 Å². The maximum absolute atomic E-state index is 10.6. The summed E-state index contributed by atoms with van der Waals surface area (Å²) >= 11 is 1.11. The first-order valence-corrected chi connectivity index (χ1v) is 6.19. The molecule has 0 spiro atoms. The molecule has 94 valence electrons. The number of rotatable bonds is 3. The fraction of sp³-hybridized carbons (Fsp3) is 0.667. The number of nitrogens with two attached hydrogens (primary N) is 1. The maximum atomic E-state index is 10.6. The van der Waals surface area contributed by atoms with Crippen molar-refractivity contribution in [3.63, 3.8) is 0 Å². The Morgan fingerprint density at radius 1 is 1.71 bits per heavy atom. The molecule has 1 aromatic rings. The molecule has 8 heteroatoms. The third-order valence-electron chi connectivity index (χ3n) is 2.86. The zero-order valence-corrected chi connectivity index (χ0v) is 10.4. The van der Waals surface area contributed by atoms with E-state index in [1.165, 1.54) is 6.20 Å². The first-order valence-electron chi connectivity index (χ1n) is 5.37. The highest BCUT2D eigenvalue weighted by molar-refractivity contribution is 7.18. The van der Waals surface area contributed by atoms with Crippen LogP contribution in [-0.2, 0) is 0 Å². The van der Waals surface area contributed by atoms with Crippen LogP contribution in [-0.4, -0.2) is 54.1 Å². The molecule has 0 saturated carbocycles. The van der Waals surface area contributed by atoms with Crippen molar-refractivity contribution in [3.8, 4) is 0 Å². The minimum atomic E-state index is -0.408. The lowest BCUT2D eigenvalue weighted by molar-refractivity contribution is -0.380. The Balaban J connectivity index is 2.16. The fourth-order valence-corrected chi connectivity index (χ4v) is 2.77. The number of nitrogens with zero attached hydrogens (tertiary/aromatic N) is 4. The van der Waals surface area contributed by atoms with Crippen molar-refractivity contribution in [2.45, 2.75) is 6.04 Å². The minimum absolute atomic E-state index is 0.0784. The maximum Gasteiger partial charge on any atom is 0.345 e. The van der Waals surface area contributed by atoms with E-state index in [-0.39, 0.29) is 11.0 Å². The van der Waals surface area contributed by atoms with Gasteiger partial charge < -0.3 is 15.5 Å². The lowest BCUT2D eigenvalue weighted by Gasteiger charge is -2.39. The number of thiazole rings is 1. The monoisotopic (exact) mass is 257 g/mol. The van der Waals surface area contributed by atoms with E-state index in [4.69, 9.17) is 5.73 Å². The molecule has 17 heavy (non-hydrogen) atoms. The lowest BCUT2D eigenvalue weighted by Crippen LogP contribution is -2.55. The summed E-state index contributed by atoms with van der Waals surface area (Å²) in [5.74, 6) is 0. The van der Waals surface area contributed by atoms with Crippen LogP contribution in [0.4, 0.5) is 10.1 Å². The van der Waals surface area contributed by atoms with Crippen LogP contribution in [0.2, 0.25) is 0 Å². The van der Waals surface area contributed by atoms with E-state index in [0.29, 0.717) is 11.7 Å². The first-order chi connectivity index (χ1) is 8.11. The third-order valence-corrected chi connectivity index (χ3v) is 3.85. The standard InChI is InChI=1S/C9H15N5O2S/c1-12-2-3-13(7(4-10)6-12)9-11-5-8(17-9)14(15)16/h5,7H,2-4,6,10H2,1H3. The van der Waals surface area contributed by atoms with Crippen molar-refractivity contribution in [1.82, 2.24) is 9.88 Å². The highest BCUT2D eigenvalue weighted by Gasteiger charge is 2.27. The van der Waals surface area contributed by atoms with Gasteiger partial charge in [0, 0.05) is 26.2 Å². The molecule has 7 nitrogen and oxygen atoms in total. The van der Waals surface area contributed by atoms with Gasteiger partial charge in [0.05, 0.1) is 11.0 Å². The van der Waals surface area contributed by atoms with Crippen LogP contribution in [0.1, 0.15) is 0 Å². The third kappa shape index (κ3) is 2.54. The molecule has 1 aliphatic heterocycles. The molecule has 1 aromatic heterocycles. The average Bonchev–Trinajstić information content (AvgIpc) is 2.78. The topological polar surface area (TPSA) is 88.5 Å². The highest BCUT2D eigenvalue weighted by Crippen LogP contribution is 2.30. The second-order valence-corrected chi connectivity index (χ2v) is 5.07. The lowest BCUT2D eigenvalue weighted by atomic mass is 10.2. The summed E-state index contributed by atoms with van der Waals surface area (Å²) < 4.78 is 0. The molecule has 1 aliphatic rings. The number of hydrogen-bond acceptors (Lipinski definition) is 7. The number of piperazine rings is 1. The number of aromatic nitrogens is 1. The molecule has 2 N–H and O–H groups in total. The van der Waals surface area contributed by atoms with Gasteiger partial charge in [-0.3, -0.25) is 10.1 Å². The second-order valence-electron chi connectivity index (χ2n) is 4.08. The fourth-order valence-electron chi connectivity index (χ4n) is 1.94. The highest BCUT2D eigenvalue weighted by atomic mass is 32.1. The van der Waals surface area contributed by atoms with Crippen molar-refractivity contribution < 1.29 is 4.92 Å². The molecule has 2 rings (SSSR count). The summed E-state index contributed by atoms with van der Waals surface area (Å²) in [4.78, 5) is 18.6. The predicted octanol–water partition coefficient (Wildman–Crippen LogP) is 0.130. The molecule has 0 aromatic carbocycles. The summed E-state index contributed by atoms with van der Waals surface area (Å²) in [6.45, 7) is 3.12. The molecule has 1 atom stereocenters. The van der Waals surface area contributed by atoms with Crippen LogP contribution in [0.5, 0.6) is 0 Å². The van der Waals surface area contributed by atoms with Crippen LogP contribution in [0.25, 0.3) is 0 Å². The summed E-state index contributed by atoms with van der Waals surface area (Å²) in [5.41, 5.74) is 5.73. The van der Waals surface area contributed by atoms with Crippen LogP contribution in [0, 0.1) is 10.1 Å². The van der Waals surface area contributed by atoms with Gasteiger partial charge in [0.15, 0.2) is 5.13 Å². The molecule has 0 amide bonds. The van der Waals surface area contributed by atoms with Crippen LogP contribution >= 0.6 is 11.3 Å². The van der Waals surface area contributed by atoms with Crippen molar-refractivity contribution in [2.75, 3.05) is 38.1 Å². The number of hydrogen-bond donors (Lipinski definition) is 1. The zero-order valence-electron chi connectivity index (χ0n) is 9.57. The van der Waals surface area contributed by atoms with E-state index in [0.717, 1.165) is 31.0 Å². The Morgan fingerprint density at radius 3 is 3.06 bits per heavy atom. The quantitative estimate of drug-likeness (QED) is 0.611. The van der Waals surface area contributed by atoms with Gasteiger partial charge in [-0.1, -0.05) is 0 Å². The molecular weight excluding hydrogens is 242 g/mol. The van der Waals surface area contributed by atoms with Crippen molar-refractivity contribution in [1.29, 1.82) is 0 Å². The van der Waals surface area contributed by atoms with Gasteiger partial charge in [-0.2, -0.15) is 0 Å². The number of nitro groups is 1. The molecule has 1 saturated heterocycles. The Bertz CT molecular complexity index is 410. The van der Waals surface area contributed by atoms with E-state index in [1.54, 1.807) is 0 Å². The van der Waals surface area contributed by atoms with E-state index in [1.807, 2.05) is 7.05 Å². The predicted molar refractivity (Wildman–Crippen MR) is 66.5 cm³/mol. The Morgan fingerprint density at radius 2 is 2.47 bits per heavy atom. The molecule has 1 unspecified atom stereocenters. The first kappa shape index (κ1) is 12.2. The van der Waals surface area contributed by atoms with Crippen LogP contribution < -0.4 is 10.6 Å². The molecule has 1 fully saturated rings. The summed E-state index contributed by atoms with van der Waals surface area (Å²) in [6.07, 6.45) is 1.31. The second kappa shape index (κ2) is 4.94. The summed E-state index contributed by atoms with van der Waals surface area (Å²) in [6, 6.07) is 0.180. The molecular formula is C9H15N5O2S. The van der Waals surface area contributed by atoms with Crippen molar-refractivity contribution in [2.24, 2.45) is 5.73 Å². The molecule has 0 bridgehead atoms. The molecule has 0 aliphatic carbocycles. The Labute approximate surface area is 103 Å². The van der Waals surface area contributed by atoms with Crippen molar-refractivity contribution >= 4 is 21.5 Å². The zero-order chi connectivity index (χ0) is 12.4. The van der Waals surface area contributed by atoms with Gasteiger partial charge in [0.25, 0.3) is 0 Å². The normalized spacial score (nSPS) is 21.8. The van der Waals surface area contributed by atoms with Gasteiger partial charge in [-0.15, -0.1) is 0 Å². The SMILES string of the molecule is CN1CCN(c2ncc([N+](=O)[O-])s2)C(CN)C1. The van der Waals surface area contributed by atoms with Crippen molar-refractivity contribution in [3.05, 3.63) is 16.3 Å². The van der Waals surface area contributed by atoms with E-state index in [9.17, 15) is 10.1 Å². The summed E-state index contributed by atoms with van der Waals surface area (Å²) in [5, 5.41) is 11.4. The van der Waals surface area contributed by atoms with Gasteiger partial charge >= 0.3 is 5.00 Å². The molecule has 0 radical (unpaired) electrons. The minimum Gasteiger partial charge on any atom is -0.341 e. The smallest absolute Gasteiger partial charge is 0.341 e.